The Balaban J connectivity index is 1.62. The first-order chi connectivity index (χ1) is 64.7. The second-order valence-electron chi connectivity index (χ2n) is 36.1. The highest BCUT2D eigenvalue weighted by atomic mass is 32.2. The van der Waals surface area contributed by atoms with Gasteiger partial charge in [-0.1, -0.05) is 133 Å². The highest BCUT2D eigenvalue weighted by molar-refractivity contribution is 8.00. The lowest BCUT2D eigenvalue weighted by Crippen LogP contribution is -2.63. The summed E-state index contributed by atoms with van der Waals surface area (Å²) in [4.78, 5) is 300. The number of unbranched alkanes of at least 4 members (excludes halogenated alkanes) is 4. The van der Waals surface area contributed by atoms with Gasteiger partial charge in [0.2, 0.25) is 112 Å². The van der Waals surface area contributed by atoms with Crippen molar-refractivity contribution in [2.45, 2.75) is 286 Å². The summed E-state index contributed by atoms with van der Waals surface area (Å²) < 4.78 is 15.2. The Morgan fingerprint density at radius 3 is 1.64 bits per heavy atom. The Bertz CT molecular complexity index is 4630. The zero-order chi connectivity index (χ0) is 102. The first-order valence-electron chi connectivity index (χ1n) is 46.4. The molecule has 4 bridgehead atoms. The van der Waals surface area contributed by atoms with E-state index >= 15 is 56.9 Å². The van der Waals surface area contributed by atoms with E-state index in [4.69, 9.17) is 11.5 Å². The van der Waals surface area contributed by atoms with Crippen molar-refractivity contribution in [3.8, 4) is 0 Å². The van der Waals surface area contributed by atoms with Gasteiger partial charge in [0.1, 0.15) is 96.7 Å². The lowest BCUT2D eigenvalue weighted by Gasteiger charge is -2.32. The summed E-state index contributed by atoms with van der Waals surface area (Å²) in [6.45, 7) is 18.8. The average Bonchev–Trinajstić information content (AvgIpc) is 1.62. The smallest absolute Gasteiger partial charge is 0.303 e. The number of thioether (sulfide) groups is 3. The Kier molecular flexibility index (Phi) is 47.3. The second-order valence-corrected chi connectivity index (χ2v) is 41.8. The van der Waals surface area contributed by atoms with E-state index in [-0.39, 0.29) is 32.2 Å². The molecule has 4 fully saturated rings. The van der Waals surface area contributed by atoms with E-state index in [0.717, 1.165) is 42.8 Å². The van der Waals surface area contributed by atoms with Crippen molar-refractivity contribution in [2.75, 3.05) is 61.6 Å². The van der Waals surface area contributed by atoms with Crippen molar-refractivity contribution >= 4 is 175 Å². The number of benzene rings is 1. The van der Waals surface area contributed by atoms with Crippen molar-refractivity contribution < 1.29 is 110 Å². The standard InChI is InChI=1S/C88H140N22O23S4/c1-15-44(9)67-84(128)97-54(26-27-64(114)115)77(121)100-59-38-135-47(12)69(110-81(125)58-37-134-36-52(90)73(117)99-57(35-111)74(118)93-33-62(112)96-56(79(123)105-65(42(5)6)82(126)101-58)31-50-32-92-53-25-21-20-24-51(50)53)86(130)98-55(30-41(3)4)78(122)109-70(87(131)108-67)48(13)136-39-60-80(124)95-46(11)72(116)103-61(76(120)91-29-23-19-17-18-22-28-89)40-137(133)49(14)71(104-63(113)34-94-75(59)119)88(132)106-66(43(7)8)83(127)107-68(45(10)16-2)85(129)102-60/h20-21,24-25,32,41-49,52,54-61,65-71,92,111H,15-19,22-23,26-31,33-40,89-90H2,1-14H3,(H,91,120)(H,93,118)(H,94,119)(H,95,124)(H,96,112)(H,97,128)(H,98,130)(H,99,117)(H,100,121)(H,101,126)(H,102,129)(H,103,116)(H,104,113)(H,105,123)(H,106,132)(H,107,127)(H,108,131)(H,109,122)(H,110,125)(H,114,115)/t44?,45?,46-,47+,48+,49+,52+,54+,55+,56-,57+,58-,59+,60+,61-,65-,66+,67+,68-,69-,70-,71-,137?/m1/s1. The molecule has 5 heterocycles. The number of aromatic nitrogens is 1. The summed E-state index contributed by atoms with van der Waals surface area (Å²) >= 11 is 2.18. The number of carboxylic acid groups (broad SMARTS) is 1. The minimum atomic E-state index is -2.50. The fourth-order valence-electron chi connectivity index (χ4n) is 15.1. The molecule has 4 saturated heterocycles. The average molecular weight is 2000 g/mol. The maximum atomic E-state index is 15.9. The summed E-state index contributed by atoms with van der Waals surface area (Å²) in [5, 5.41) is 65.9. The molecule has 4 aliphatic heterocycles. The molecular formula is C88H140N22O23S4. The van der Waals surface area contributed by atoms with Crippen molar-refractivity contribution in [1.29, 1.82) is 0 Å². The minimum absolute atomic E-state index is 0.0562. The third kappa shape index (κ3) is 35.6. The van der Waals surface area contributed by atoms with E-state index < -0.39 is 338 Å². The highest BCUT2D eigenvalue weighted by Gasteiger charge is 2.45. The minimum Gasteiger partial charge on any atom is -0.481 e. The summed E-state index contributed by atoms with van der Waals surface area (Å²) in [5.74, 6) is -29.0. The third-order valence-electron chi connectivity index (χ3n) is 24.0. The number of aromatic amines is 1. The summed E-state index contributed by atoms with van der Waals surface area (Å²) in [6.07, 6.45) is 3.27. The molecule has 764 valence electrons. The molecule has 23 atom stereocenters. The van der Waals surface area contributed by atoms with Gasteiger partial charge in [-0.25, -0.2) is 0 Å². The van der Waals surface area contributed by atoms with Gasteiger partial charge < -0.3 is 128 Å². The van der Waals surface area contributed by atoms with Crippen LogP contribution in [0.1, 0.15) is 167 Å². The number of carbonyl (C=O) groups is 20. The van der Waals surface area contributed by atoms with E-state index in [9.17, 15) is 53.4 Å². The zero-order valence-electron chi connectivity index (χ0n) is 79.9. The van der Waals surface area contributed by atoms with E-state index in [1.807, 2.05) is 0 Å². The van der Waals surface area contributed by atoms with Gasteiger partial charge in [0.05, 0.1) is 36.7 Å². The van der Waals surface area contributed by atoms with Crippen molar-refractivity contribution in [3.05, 3.63) is 36.0 Å². The predicted octanol–water partition coefficient (Wildman–Crippen LogP) is -5.45. The number of carbonyl (C=O) groups excluding carboxylic acids is 19. The number of fused-ring (bicyclic) bond motifs is 19. The first-order valence-corrected chi connectivity index (χ1v) is 51.0. The lowest BCUT2D eigenvalue weighted by molar-refractivity contribution is -0.139. The molecule has 0 spiro atoms. The number of hydrogen-bond donors (Lipinski definition) is 24. The molecule has 0 radical (unpaired) electrons. The molecule has 137 heavy (non-hydrogen) atoms. The number of hydrogen-bond acceptors (Lipinski definition) is 27. The Hall–Kier alpha value is -10.8. The number of amides is 19. The van der Waals surface area contributed by atoms with Crippen molar-refractivity contribution in [3.63, 3.8) is 0 Å². The maximum absolute atomic E-state index is 15.9. The molecule has 19 amide bonds. The molecule has 0 saturated carbocycles. The van der Waals surface area contributed by atoms with Crippen LogP contribution in [0, 0.1) is 29.6 Å². The van der Waals surface area contributed by atoms with Gasteiger partial charge in [-0.05, 0) is 87.3 Å². The molecule has 2 aromatic rings. The van der Waals surface area contributed by atoms with Gasteiger partial charge in [0.15, 0.2) is 0 Å². The molecule has 1 aromatic heterocycles. The van der Waals surface area contributed by atoms with Gasteiger partial charge in [-0.15, -0.1) is 0 Å². The number of nitrogens with one attached hydrogen (secondary N) is 20. The molecule has 6 rings (SSSR count). The van der Waals surface area contributed by atoms with E-state index in [1.165, 1.54) is 48.5 Å². The topological polar surface area (TPSA) is 695 Å². The summed E-state index contributed by atoms with van der Waals surface area (Å²) in [7, 11) is -2.50. The Morgan fingerprint density at radius 2 is 1.01 bits per heavy atom. The number of aliphatic hydroxyl groups is 1. The molecular weight excluding hydrogens is 1860 g/mol. The number of nitrogens with two attached hydrogens (primary N) is 2. The van der Waals surface area contributed by atoms with E-state index in [1.54, 1.807) is 78.9 Å². The van der Waals surface area contributed by atoms with Gasteiger partial charge >= 0.3 is 5.97 Å². The van der Waals surface area contributed by atoms with E-state index in [2.05, 4.69) is 106 Å². The summed E-state index contributed by atoms with van der Waals surface area (Å²) in [5.41, 5.74) is 13.3. The van der Waals surface area contributed by atoms with Gasteiger partial charge in [0, 0.05) is 80.8 Å². The number of aliphatic carboxylic acids is 1. The van der Waals surface area contributed by atoms with E-state index in [0.29, 0.717) is 47.6 Å². The van der Waals surface area contributed by atoms with Crippen molar-refractivity contribution in [2.24, 2.45) is 41.1 Å². The third-order valence-corrected chi connectivity index (χ3v) is 29.5. The van der Waals surface area contributed by atoms with Crippen LogP contribution in [-0.2, 0) is 113 Å². The summed E-state index contributed by atoms with van der Waals surface area (Å²) in [6, 6.07) is -22.6. The SMILES string of the molecule is CCC(C)[C@@H]1NC(=O)[C@@H]2NC(=O)[C@H](CC(C)C)NC(=O)[C@H](NC(=O)[C@H]3CSC[C@H](N)C(=O)N[C@@H](CO)C(=O)NCC(=O)N[C@H](Cc4c[nH]c5ccccc45)C(=O)N[C@H](C(C)C)C(=O)N3)[C@H](C)SC[C@H](NC(=O)[C@H](CCC(=O)O)NC1=O)C(=O)NCC(=O)N[C@H]1C(=O)N[C@@H](C(C)C)C(=O)N[C@H](C(C)CC)C(=O)N[C@@H](CS[C@H]2C)C(=O)N[C@H](C)C(=O)N[C@@H](C(=O)NCCCCCCCN)CS(=O)[C@H]1C. The van der Waals surface area contributed by atoms with Gasteiger partial charge in [0.25, 0.3) is 0 Å². The molecule has 4 aliphatic rings. The fraction of sp³-hybridized carbons (Fsp3) is 0.682. The maximum Gasteiger partial charge on any atom is 0.303 e. The zero-order valence-corrected chi connectivity index (χ0v) is 83.2. The van der Waals surface area contributed by atoms with Gasteiger partial charge in [-0.2, -0.15) is 35.3 Å². The second kappa shape index (κ2) is 56.3. The van der Waals surface area contributed by atoms with Crippen LogP contribution in [0.4, 0.5) is 0 Å². The van der Waals surface area contributed by atoms with Crippen LogP contribution in [0.3, 0.4) is 0 Å². The Labute approximate surface area is 811 Å². The van der Waals surface area contributed by atoms with Crippen LogP contribution < -0.4 is 112 Å². The molecule has 0 aliphatic carbocycles. The number of carboxylic acids is 1. The molecule has 26 N–H and O–H groups in total. The van der Waals surface area contributed by atoms with Crippen LogP contribution in [-0.4, -0.2) is 318 Å². The van der Waals surface area contributed by atoms with Crippen LogP contribution in [0.15, 0.2) is 30.5 Å². The monoisotopic (exact) mass is 2000 g/mol. The normalized spacial score (nSPS) is 29.3. The van der Waals surface area contributed by atoms with Crippen LogP contribution in [0.25, 0.3) is 10.9 Å². The first kappa shape index (κ1) is 115. The van der Waals surface area contributed by atoms with Crippen LogP contribution in [0.2, 0.25) is 0 Å². The highest BCUT2D eigenvalue weighted by Crippen LogP contribution is 2.26. The van der Waals surface area contributed by atoms with Crippen LogP contribution >= 0.6 is 35.3 Å². The van der Waals surface area contributed by atoms with Crippen molar-refractivity contribution in [1.82, 2.24) is 106 Å². The molecule has 3 unspecified atom stereocenters. The molecule has 45 nitrogen and oxygen atoms in total. The molecule has 49 heteroatoms. The fourth-order valence-corrected chi connectivity index (χ4v) is 19.7. The largest absolute Gasteiger partial charge is 0.481 e. The number of H-pyrrole nitrogens is 1. The number of para-hydroxylation sites is 1. The Morgan fingerprint density at radius 1 is 0.496 bits per heavy atom. The quantitative estimate of drug-likeness (QED) is 0.0344. The van der Waals surface area contributed by atoms with Gasteiger partial charge in [-0.3, -0.25) is 100 Å². The number of aliphatic hydroxyl groups excluding tert-OH is 1. The molecule has 1 aromatic carbocycles. The predicted molar refractivity (Wildman–Crippen MR) is 513 cm³/mol. The lowest BCUT2D eigenvalue weighted by atomic mass is 9.96. The number of rotatable bonds is 24. The van der Waals surface area contributed by atoms with Crippen LogP contribution in [0.5, 0.6) is 0 Å².